The van der Waals surface area contributed by atoms with Crippen LogP contribution >= 0.6 is 46.4 Å². The van der Waals surface area contributed by atoms with Crippen molar-refractivity contribution in [1.82, 2.24) is 4.31 Å². The molecule has 2 aromatic rings. The fourth-order valence-corrected chi connectivity index (χ4v) is 5.82. The van der Waals surface area contributed by atoms with Crippen molar-refractivity contribution < 1.29 is 22.7 Å². The lowest BCUT2D eigenvalue weighted by Gasteiger charge is -2.26. The number of benzene rings is 2. The van der Waals surface area contributed by atoms with Crippen LogP contribution in [0.3, 0.4) is 0 Å². The van der Waals surface area contributed by atoms with Crippen LogP contribution in [0.2, 0.25) is 20.1 Å². The Morgan fingerprint density at radius 2 is 1.58 bits per heavy atom. The molecule has 7 nitrogen and oxygen atoms in total. The summed E-state index contributed by atoms with van der Waals surface area (Å²) in [6.45, 7) is 2.14. The molecule has 0 aromatic heterocycles. The molecule has 12 heteroatoms. The number of amides is 1. The molecule has 1 aliphatic heterocycles. The summed E-state index contributed by atoms with van der Waals surface area (Å²) in [5.74, 6) is -1.55. The lowest BCUT2D eigenvalue weighted by Crippen LogP contribution is -2.36. The molecule has 0 aliphatic carbocycles. The predicted octanol–water partition coefficient (Wildman–Crippen LogP) is 5.66. The van der Waals surface area contributed by atoms with E-state index in [1.165, 1.54) is 35.5 Å². The predicted molar refractivity (Wildman–Crippen MR) is 129 cm³/mol. The molecular formula is C21H20Cl4N2O5S. The Labute approximate surface area is 211 Å². The van der Waals surface area contributed by atoms with E-state index in [2.05, 4.69) is 5.32 Å². The van der Waals surface area contributed by atoms with E-state index in [9.17, 15) is 18.0 Å². The molecule has 0 radical (unpaired) electrons. The molecule has 0 saturated carbocycles. The minimum Gasteiger partial charge on any atom is -0.449 e. The number of esters is 1. The number of rotatable bonds is 6. The van der Waals surface area contributed by atoms with Crippen LogP contribution in [0, 0.1) is 0 Å². The maximum atomic E-state index is 13.0. The van der Waals surface area contributed by atoms with Gasteiger partial charge in [0.05, 0.1) is 31.3 Å². The third kappa shape index (κ3) is 6.12. The van der Waals surface area contributed by atoms with E-state index in [1.54, 1.807) is 0 Å². The van der Waals surface area contributed by atoms with Crippen molar-refractivity contribution in [2.45, 2.75) is 37.2 Å². The third-order valence-electron chi connectivity index (χ3n) is 5.02. The van der Waals surface area contributed by atoms with Crippen LogP contribution in [-0.4, -0.2) is 43.8 Å². The van der Waals surface area contributed by atoms with Crippen molar-refractivity contribution >= 4 is 74.0 Å². The van der Waals surface area contributed by atoms with Crippen LogP contribution in [0.1, 0.15) is 36.5 Å². The van der Waals surface area contributed by atoms with Crippen molar-refractivity contribution in [2.24, 2.45) is 0 Å². The van der Waals surface area contributed by atoms with E-state index in [0.717, 1.165) is 25.3 Å². The van der Waals surface area contributed by atoms with Gasteiger partial charge in [0.1, 0.15) is 4.90 Å². The Morgan fingerprint density at radius 3 is 2.24 bits per heavy atom. The molecule has 0 spiro atoms. The highest BCUT2D eigenvalue weighted by atomic mass is 35.5. The highest BCUT2D eigenvalue weighted by molar-refractivity contribution is 7.89. The van der Waals surface area contributed by atoms with Crippen LogP contribution in [0.15, 0.2) is 35.2 Å². The summed E-state index contributed by atoms with van der Waals surface area (Å²) in [6.07, 6.45) is 1.25. The van der Waals surface area contributed by atoms with Crippen LogP contribution < -0.4 is 5.32 Å². The maximum Gasteiger partial charge on any atom is 0.338 e. The van der Waals surface area contributed by atoms with Crippen molar-refractivity contribution in [3.63, 3.8) is 0 Å². The first kappa shape index (κ1) is 26.1. The number of nitrogens with one attached hydrogen (secondary N) is 1. The van der Waals surface area contributed by atoms with Gasteiger partial charge in [-0.25, -0.2) is 13.2 Å². The van der Waals surface area contributed by atoms with Gasteiger partial charge < -0.3 is 10.1 Å². The first-order valence-corrected chi connectivity index (χ1v) is 12.9. The number of hydrogen-bond acceptors (Lipinski definition) is 5. The lowest BCUT2D eigenvalue weighted by molar-refractivity contribution is -0.123. The van der Waals surface area contributed by atoms with Gasteiger partial charge in [0, 0.05) is 13.1 Å². The third-order valence-corrected chi connectivity index (χ3v) is 8.44. The molecule has 1 aliphatic rings. The number of sulfonamides is 1. The van der Waals surface area contributed by atoms with Gasteiger partial charge in [-0.1, -0.05) is 52.8 Å². The van der Waals surface area contributed by atoms with Gasteiger partial charge in [0.25, 0.3) is 5.91 Å². The first-order chi connectivity index (χ1) is 15.5. The molecular weight excluding hydrogens is 534 g/mol. The van der Waals surface area contributed by atoms with Crippen LogP contribution in [0.4, 0.5) is 5.69 Å². The van der Waals surface area contributed by atoms with Crippen LogP contribution in [0.5, 0.6) is 0 Å². The number of anilines is 1. The molecule has 178 valence electrons. The molecule has 1 atom stereocenters. The van der Waals surface area contributed by atoms with Gasteiger partial charge in [0.15, 0.2) is 6.10 Å². The number of carbonyl (C=O) groups is 2. The zero-order valence-electron chi connectivity index (χ0n) is 17.4. The number of ether oxygens (including phenoxy) is 1. The Balaban J connectivity index is 1.74. The van der Waals surface area contributed by atoms with E-state index in [4.69, 9.17) is 51.1 Å². The van der Waals surface area contributed by atoms with E-state index < -0.39 is 28.0 Å². The van der Waals surface area contributed by atoms with Gasteiger partial charge in [-0.05, 0) is 50.1 Å². The van der Waals surface area contributed by atoms with Crippen molar-refractivity contribution in [3.05, 3.63) is 56.0 Å². The molecule has 1 heterocycles. The minimum absolute atomic E-state index is 0.00262. The first-order valence-electron chi connectivity index (χ1n) is 9.97. The zero-order valence-corrected chi connectivity index (χ0v) is 21.2. The fourth-order valence-electron chi connectivity index (χ4n) is 3.21. The molecule has 1 saturated heterocycles. The maximum absolute atomic E-state index is 13.0. The molecule has 1 amide bonds. The monoisotopic (exact) mass is 552 g/mol. The quantitative estimate of drug-likeness (QED) is 0.368. The molecule has 1 fully saturated rings. The minimum atomic E-state index is -3.87. The van der Waals surface area contributed by atoms with E-state index >= 15 is 0 Å². The number of nitrogens with zero attached hydrogens (tertiary/aromatic N) is 1. The second kappa shape index (κ2) is 10.8. The lowest BCUT2D eigenvalue weighted by atomic mass is 10.2. The average molecular weight is 554 g/mol. The summed E-state index contributed by atoms with van der Waals surface area (Å²) < 4.78 is 32.5. The molecule has 33 heavy (non-hydrogen) atoms. The molecule has 0 unspecified atom stereocenters. The van der Waals surface area contributed by atoms with Crippen LogP contribution in [-0.2, 0) is 19.6 Å². The van der Waals surface area contributed by atoms with Gasteiger partial charge in [-0.2, -0.15) is 4.31 Å². The summed E-state index contributed by atoms with van der Waals surface area (Å²) in [5, 5.41) is 3.06. The van der Waals surface area contributed by atoms with Crippen molar-refractivity contribution in [3.8, 4) is 0 Å². The number of carbonyl (C=O) groups excluding carboxylic acids is 2. The van der Waals surface area contributed by atoms with E-state index in [1.807, 2.05) is 0 Å². The second-order valence-corrected chi connectivity index (χ2v) is 10.9. The molecule has 0 bridgehead atoms. The standard InChI is InChI=1S/C21H20Cl4N2O5S/c1-12(20(28)26-18-11-16(24)15(23)10-17(18)25)32-21(29)13-5-6-14(22)19(9-13)33(30,31)27-7-3-2-4-8-27/h5-6,9-12H,2-4,7-8H2,1H3,(H,26,28)/t12-/m1/s1. The molecule has 1 N–H and O–H groups in total. The molecule has 2 aromatic carbocycles. The number of halogens is 4. The summed E-state index contributed by atoms with van der Waals surface area (Å²) >= 11 is 24.0. The Kier molecular flexibility index (Phi) is 8.53. The summed E-state index contributed by atoms with van der Waals surface area (Å²) in [4.78, 5) is 24.9. The second-order valence-electron chi connectivity index (χ2n) is 7.39. The van der Waals surface area contributed by atoms with Gasteiger partial charge in [-0.3, -0.25) is 4.79 Å². The van der Waals surface area contributed by atoms with Crippen LogP contribution in [0.25, 0.3) is 0 Å². The van der Waals surface area contributed by atoms with E-state index in [-0.39, 0.29) is 36.2 Å². The number of piperidine rings is 1. The largest absolute Gasteiger partial charge is 0.449 e. The number of hydrogen-bond donors (Lipinski definition) is 1. The van der Waals surface area contributed by atoms with Crippen molar-refractivity contribution in [1.29, 1.82) is 0 Å². The summed E-state index contributed by atoms with van der Waals surface area (Å²) in [6, 6.07) is 6.55. The molecule has 3 rings (SSSR count). The normalized spacial score (nSPS) is 15.7. The highest BCUT2D eigenvalue weighted by Crippen LogP contribution is 2.32. The fraction of sp³-hybridized carbons (Fsp3) is 0.333. The average Bonchev–Trinajstić information content (AvgIpc) is 2.78. The Morgan fingerprint density at radius 1 is 0.939 bits per heavy atom. The topological polar surface area (TPSA) is 92.8 Å². The highest BCUT2D eigenvalue weighted by Gasteiger charge is 2.29. The van der Waals surface area contributed by atoms with Gasteiger partial charge in [-0.15, -0.1) is 0 Å². The smallest absolute Gasteiger partial charge is 0.338 e. The SMILES string of the molecule is C[C@@H](OC(=O)c1ccc(Cl)c(S(=O)(=O)N2CCCCC2)c1)C(=O)Nc1cc(Cl)c(Cl)cc1Cl. The van der Waals surface area contributed by atoms with E-state index in [0.29, 0.717) is 13.1 Å². The zero-order chi connectivity index (χ0) is 24.3. The van der Waals surface area contributed by atoms with Gasteiger partial charge >= 0.3 is 5.97 Å². The summed E-state index contributed by atoms with van der Waals surface area (Å²) in [7, 11) is -3.87. The van der Waals surface area contributed by atoms with Gasteiger partial charge in [0.2, 0.25) is 10.0 Å². The van der Waals surface area contributed by atoms with Crippen molar-refractivity contribution in [2.75, 3.05) is 18.4 Å². The summed E-state index contributed by atoms with van der Waals surface area (Å²) in [5.41, 5.74) is 0.141. The Hall–Kier alpha value is -1.55. The Bertz CT molecular complexity index is 1180.